The van der Waals surface area contributed by atoms with E-state index in [4.69, 9.17) is 9.47 Å². The van der Waals surface area contributed by atoms with E-state index in [1.54, 1.807) is 4.90 Å². The summed E-state index contributed by atoms with van der Waals surface area (Å²) >= 11 is 0. The standard InChI is InChI=1S/C21H29N3O4/c1-2-27-20(26)23-11-8-17(9-12-23)24-13-10-21(16-6-4-3-5-7-16)18(14-24)28-15-19(25)22-21/h3-7,17-18H,2,8-15H2,1H3,(H,22,25)/t18-,21+/m1/s1. The van der Waals surface area contributed by atoms with Crippen LogP contribution in [0.3, 0.4) is 0 Å². The number of amides is 2. The van der Waals surface area contributed by atoms with Crippen molar-refractivity contribution in [2.75, 3.05) is 39.4 Å². The van der Waals surface area contributed by atoms with Gasteiger partial charge in [0.25, 0.3) is 0 Å². The first-order chi connectivity index (χ1) is 13.6. The van der Waals surface area contributed by atoms with Gasteiger partial charge in [-0.25, -0.2) is 4.79 Å². The van der Waals surface area contributed by atoms with Crippen LogP contribution in [0.5, 0.6) is 0 Å². The molecular weight excluding hydrogens is 358 g/mol. The van der Waals surface area contributed by atoms with Crippen LogP contribution in [0.4, 0.5) is 4.79 Å². The minimum Gasteiger partial charge on any atom is -0.450 e. The van der Waals surface area contributed by atoms with Gasteiger partial charge in [0.05, 0.1) is 18.2 Å². The van der Waals surface area contributed by atoms with E-state index in [2.05, 4.69) is 22.3 Å². The summed E-state index contributed by atoms with van der Waals surface area (Å²) in [5.74, 6) is -0.0451. The monoisotopic (exact) mass is 387 g/mol. The third kappa shape index (κ3) is 3.61. The number of carbonyl (C=O) groups is 2. The molecule has 152 valence electrons. The molecule has 2 amide bonds. The van der Waals surface area contributed by atoms with Gasteiger partial charge in [0, 0.05) is 32.2 Å². The maximum absolute atomic E-state index is 12.1. The van der Waals surface area contributed by atoms with E-state index in [1.807, 2.05) is 25.1 Å². The van der Waals surface area contributed by atoms with E-state index in [0.717, 1.165) is 51.0 Å². The number of rotatable bonds is 3. The van der Waals surface area contributed by atoms with Gasteiger partial charge in [-0.3, -0.25) is 9.69 Å². The van der Waals surface area contributed by atoms with Gasteiger partial charge in [0.15, 0.2) is 0 Å². The molecule has 3 aliphatic rings. The van der Waals surface area contributed by atoms with E-state index >= 15 is 0 Å². The maximum Gasteiger partial charge on any atom is 0.409 e. The zero-order valence-electron chi connectivity index (χ0n) is 16.4. The Morgan fingerprint density at radius 1 is 1.25 bits per heavy atom. The third-order valence-corrected chi connectivity index (χ3v) is 6.32. The van der Waals surface area contributed by atoms with Gasteiger partial charge in [-0.2, -0.15) is 0 Å². The number of carbonyl (C=O) groups excluding carboxylic acids is 2. The zero-order valence-corrected chi connectivity index (χ0v) is 16.4. The number of nitrogens with one attached hydrogen (secondary N) is 1. The predicted molar refractivity (Wildman–Crippen MR) is 104 cm³/mol. The molecule has 1 aromatic carbocycles. The highest BCUT2D eigenvalue weighted by Gasteiger charge is 2.50. The Bertz CT molecular complexity index is 705. The second-order valence-corrected chi connectivity index (χ2v) is 7.85. The Balaban J connectivity index is 1.43. The van der Waals surface area contributed by atoms with Crippen molar-refractivity contribution in [2.45, 2.75) is 43.9 Å². The molecule has 0 bridgehead atoms. The van der Waals surface area contributed by atoms with E-state index in [-0.39, 0.29) is 24.7 Å². The second-order valence-electron chi connectivity index (χ2n) is 7.85. The highest BCUT2D eigenvalue weighted by molar-refractivity contribution is 5.79. The fourth-order valence-corrected chi connectivity index (χ4v) is 4.84. The zero-order chi connectivity index (χ0) is 19.6. The van der Waals surface area contributed by atoms with Crippen molar-refractivity contribution in [3.63, 3.8) is 0 Å². The Hall–Kier alpha value is -2.12. The average Bonchev–Trinajstić information content (AvgIpc) is 2.74. The number of piperidine rings is 2. The van der Waals surface area contributed by atoms with Crippen molar-refractivity contribution in [2.24, 2.45) is 0 Å². The highest BCUT2D eigenvalue weighted by Crippen LogP contribution is 2.38. The largest absolute Gasteiger partial charge is 0.450 e. The molecule has 2 atom stereocenters. The van der Waals surface area contributed by atoms with Crippen LogP contribution in [-0.4, -0.2) is 73.3 Å². The molecule has 0 saturated carbocycles. The number of hydrogen-bond acceptors (Lipinski definition) is 5. The molecule has 3 fully saturated rings. The van der Waals surface area contributed by atoms with E-state index in [9.17, 15) is 9.59 Å². The Morgan fingerprint density at radius 3 is 2.71 bits per heavy atom. The van der Waals surface area contributed by atoms with Crippen molar-refractivity contribution < 1.29 is 19.1 Å². The summed E-state index contributed by atoms with van der Waals surface area (Å²) in [5.41, 5.74) is 0.670. The van der Waals surface area contributed by atoms with Gasteiger partial charge in [0.1, 0.15) is 6.61 Å². The number of likely N-dealkylation sites (tertiary alicyclic amines) is 2. The molecule has 0 spiro atoms. The summed E-state index contributed by atoms with van der Waals surface area (Å²) in [6.45, 7) is 5.52. The SMILES string of the molecule is CCOC(=O)N1CCC(N2CC[C@@]3(c4ccccc4)NC(=O)CO[C@@H]3C2)CC1. The van der Waals surface area contributed by atoms with Gasteiger partial charge in [-0.15, -0.1) is 0 Å². The number of hydrogen-bond donors (Lipinski definition) is 1. The van der Waals surface area contributed by atoms with E-state index < -0.39 is 5.54 Å². The fourth-order valence-electron chi connectivity index (χ4n) is 4.84. The lowest BCUT2D eigenvalue weighted by Crippen LogP contribution is -2.67. The van der Waals surface area contributed by atoms with Crippen molar-refractivity contribution in [3.8, 4) is 0 Å². The van der Waals surface area contributed by atoms with Crippen molar-refractivity contribution in [3.05, 3.63) is 35.9 Å². The Kier molecular flexibility index (Phi) is 5.55. The molecule has 0 radical (unpaired) electrons. The molecule has 28 heavy (non-hydrogen) atoms. The lowest BCUT2D eigenvalue weighted by molar-refractivity contribution is -0.154. The molecule has 1 N–H and O–H groups in total. The Morgan fingerprint density at radius 2 is 2.00 bits per heavy atom. The molecular formula is C21H29N3O4. The van der Waals surface area contributed by atoms with Gasteiger partial charge < -0.3 is 19.7 Å². The number of ether oxygens (including phenoxy) is 2. The first kappa shape index (κ1) is 19.2. The predicted octanol–water partition coefficient (Wildman–Crippen LogP) is 1.72. The van der Waals surface area contributed by atoms with Gasteiger partial charge in [-0.05, 0) is 31.7 Å². The van der Waals surface area contributed by atoms with Crippen LogP contribution in [0.2, 0.25) is 0 Å². The summed E-state index contributed by atoms with van der Waals surface area (Å²) < 4.78 is 11.1. The Labute approximate surface area is 166 Å². The van der Waals surface area contributed by atoms with E-state index in [0.29, 0.717) is 12.6 Å². The second kappa shape index (κ2) is 8.09. The molecule has 0 aromatic heterocycles. The molecule has 7 heteroatoms. The highest BCUT2D eigenvalue weighted by atomic mass is 16.6. The molecule has 0 unspecified atom stereocenters. The van der Waals surface area contributed by atoms with Gasteiger partial charge in [0.2, 0.25) is 5.91 Å². The maximum atomic E-state index is 12.1. The van der Waals surface area contributed by atoms with Crippen LogP contribution in [0.1, 0.15) is 31.7 Å². The van der Waals surface area contributed by atoms with Crippen molar-refractivity contribution in [1.29, 1.82) is 0 Å². The average molecular weight is 387 g/mol. The van der Waals surface area contributed by atoms with Crippen LogP contribution in [0.15, 0.2) is 30.3 Å². The summed E-state index contributed by atoms with van der Waals surface area (Å²) in [6.07, 6.45) is 2.43. The van der Waals surface area contributed by atoms with Crippen molar-refractivity contribution >= 4 is 12.0 Å². The van der Waals surface area contributed by atoms with Gasteiger partial charge in [-0.1, -0.05) is 30.3 Å². The lowest BCUT2D eigenvalue weighted by atomic mass is 9.77. The summed E-state index contributed by atoms with van der Waals surface area (Å²) in [5, 5.41) is 3.25. The molecule has 7 nitrogen and oxygen atoms in total. The minimum atomic E-state index is -0.446. The van der Waals surface area contributed by atoms with Crippen LogP contribution >= 0.6 is 0 Å². The van der Waals surface area contributed by atoms with Crippen LogP contribution in [0.25, 0.3) is 0 Å². The molecule has 4 rings (SSSR count). The number of fused-ring (bicyclic) bond motifs is 1. The van der Waals surface area contributed by atoms with E-state index in [1.165, 1.54) is 0 Å². The molecule has 1 aromatic rings. The molecule has 3 aliphatic heterocycles. The normalized spacial score (nSPS) is 29.1. The lowest BCUT2D eigenvalue weighted by Gasteiger charge is -2.52. The first-order valence-corrected chi connectivity index (χ1v) is 10.3. The number of nitrogens with zero attached hydrogens (tertiary/aromatic N) is 2. The topological polar surface area (TPSA) is 71.1 Å². The number of benzene rings is 1. The third-order valence-electron chi connectivity index (χ3n) is 6.32. The first-order valence-electron chi connectivity index (χ1n) is 10.3. The molecule has 3 saturated heterocycles. The van der Waals surface area contributed by atoms with Crippen LogP contribution in [0, 0.1) is 0 Å². The quantitative estimate of drug-likeness (QED) is 0.855. The smallest absolute Gasteiger partial charge is 0.409 e. The van der Waals surface area contributed by atoms with Crippen molar-refractivity contribution in [1.82, 2.24) is 15.1 Å². The summed E-state index contributed by atoms with van der Waals surface area (Å²) in [7, 11) is 0. The van der Waals surface area contributed by atoms with Crippen LogP contribution < -0.4 is 5.32 Å². The summed E-state index contributed by atoms with van der Waals surface area (Å²) in [4.78, 5) is 28.3. The molecule has 0 aliphatic carbocycles. The summed E-state index contributed by atoms with van der Waals surface area (Å²) in [6, 6.07) is 10.6. The molecule has 3 heterocycles. The minimum absolute atomic E-state index is 0.0451. The van der Waals surface area contributed by atoms with Crippen LogP contribution in [-0.2, 0) is 19.8 Å². The fraction of sp³-hybridized carbons (Fsp3) is 0.619. The van der Waals surface area contributed by atoms with Gasteiger partial charge >= 0.3 is 6.09 Å². The number of morpholine rings is 1.